The van der Waals surface area contributed by atoms with Gasteiger partial charge in [0.05, 0.1) is 18.2 Å². The van der Waals surface area contributed by atoms with Crippen molar-refractivity contribution < 1.29 is 9.05 Å². The molecule has 3 nitrogen and oxygen atoms in total. The molecule has 2 aromatic rings. The minimum Gasteiger partial charge on any atom is -0.440 e. The summed E-state index contributed by atoms with van der Waals surface area (Å²) in [7, 11) is 0. The molecule has 1 unspecified atom stereocenters. The largest absolute Gasteiger partial charge is 0.440 e. The molecule has 0 aliphatic carbocycles. The quantitative estimate of drug-likeness (QED) is 0.784. The van der Waals surface area contributed by atoms with E-state index in [1.807, 2.05) is 44.2 Å². The summed E-state index contributed by atoms with van der Waals surface area (Å²) in [6.45, 7) is 1.69. The van der Waals surface area contributed by atoms with Crippen molar-refractivity contribution in [3.05, 3.63) is 59.7 Å². The van der Waals surface area contributed by atoms with E-state index in [2.05, 4.69) is 6.07 Å². The van der Waals surface area contributed by atoms with Crippen LogP contribution in [-0.4, -0.2) is 6.61 Å². The molecule has 0 spiro atoms. The van der Waals surface area contributed by atoms with Crippen molar-refractivity contribution in [1.82, 2.24) is 0 Å². The topological polar surface area (TPSA) is 42.2 Å². The van der Waals surface area contributed by atoms with Gasteiger partial charge in [0, 0.05) is 5.30 Å². The molecule has 0 fully saturated rings. The van der Waals surface area contributed by atoms with Crippen molar-refractivity contribution in [1.29, 1.82) is 5.26 Å². The zero-order valence-electron chi connectivity index (χ0n) is 11.9. The van der Waals surface area contributed by atoms with Crippen LogP contribution in [0.15, 0.2) is 48.5 Å². The molecule has 1 atom stereocenters. The highest BCUT2D eigenvalue weighted by molar-refractivity contribution is 8.13. The molecule has 0 amide bonds. The number of hydrogen-bond acceptors (Lipinski definition) is 4. The molecule has 0 saturated carbocycles. The van der Waals surface area contributed by atoms with Crippen molar-refractivity contribution in [3.63, 3.8) is 0 Å². The summed E-state index contributed by atoms with van der Waals surface area (Å²) < 4.78 is 11.8. The Balaban J connectivity index is 2.38. The van der Waals surface area contributed by atoms with Gasteiger partial charge in [-0.05, 0) is 61.5 Å². The zero-order valence-corrected chi connectivity index (χ0v) is 13.7. The molecule has 0 heterocycles. The minimum atomic E-state index is -2.59. The molecule has 0 saturated heterocycles. The maximum Gasteiger partial charge on any atom is 0.269 e. The molecule has 0 N–H and O–H groups in total. The molecule has 0 aliphatic rings. The highest BCUT2D eigenvalue weighted by Crippen LogP contribution is 2.48. The third-order valence-electron chi connectivity index (χ3n) is 2.89. The third-order valence-corrected chi connectivity index (χ3v) is 6.03. The first-order chi connectivity index (χ1) is 10.1. The molecule has 5 heteroatoms. The monoisotopic (exact) mass is 317 g/mol. The van der Waals surface area contributed by atoms with E-state index in [0.29, 0.717) is 17.9 Å². The second kappa shape index (κ2) is 6.87. The Morgan fingerprint density at radius 3 is 2.48 bits per heavy atom. The Bertz CT molecular complexity index is 710. The van der Waals surface area contributed by atoms with Gasteiger partial charge in [-0.2, -0.15) is 5.26 Å². The lowest BCUT2D eigenvalue weighted by Crippen LogP contribution is -2.12. The fourth-order valence-corrected chi connectivity index (χ4v) is 4.46. The minimum absolute atomic E-state index is 0.488. The van der Waals surface area contributed by atoms with Gasteiger partial charge in [0.25, 0.3) is 6.49 Å². The molecule has 108 valence electrons. The number of benzene rings is 2. The summed E-state index contributed by atoms with van der Waals surface area (Å²) in [5, 5.41) is 9.80. The van der Waals surface area contributed by atoms with E-state index >= 15 is 0 Å². The van der Waals surface area contributed by atoms with Crippen molar-refractivity contribution in [2.24, 2.45) is 0 Å². The Morgan fingerprint density at radius 2 is 1.90 bits per heavy atom. The van der Waals surface area contributed by atoms with Gasteiger partial charge in [-0.3, -0.25) is 0 Å². The van der Waals surface area contributed by atoms with Gasteiger partial charge in [0.15, 0.2) is 0 Å². The van der Waals surface area contributed by atoms with Gasteiger partial charge in [-0.15, -0.1) is 0 Å². The van der Waals surface area contributed by atoms with E-state index in [1.165, 1.54) is 0 Å². The lowest BCUT2D eigenvalue weighted by molar-refractivity contribution is 0.338. The normalized spacial score (nSPS) is 13.2. The lowest BCUT2D eigenvalue weighted by Gasteiger charge is -2.23. The van der Waals surface area contributed by atoms with Crippen LogP contribution in [0.3, 0.4) is 0 Å². The van der Waals surface area contributed by atoms with Crippen LogP contribution < -0.4 is 9.83 Å². The van der Waals surface area contributed by atoms with Gasteiger partial charge in [0.2, 0.25) is 0 Å². The average Bonchev–Trinajstić information content (AvgIpc) is 2.50. The van der Waals surface area contributed by atoms with Gasteiger partial charge >= 0.3 is 0 Å². The highest BCUT2D eigenvalue weighted by atomic mass is 32.5. The van der Waals surface area contributed by atoms with Crippen molar-refractivity contribution in [2.75, 3.05) is 6.61 Å². The number of aryl methyl sites for hydroxylation is 1. The van der Waals surface area contributed by atoms with E-state index in [-0.39, 0.29) is 0 Å². The van der Waals surface area contributed by atoms with Gasteiger partial charge in [0.1, 0.15) is 5.75 Å². The molecule has 0 aliphatic heterocycles. The molecular weight excluding hydrogens is 301 g/mol. The Labute approximate surface area is 130 Å². The van der Waals surface area contributed by atoms with Crippen LogP contribution in [0.4, 0.5) is 0 Å². The molecule has 0 bridgehead atoms. The van der Waals surface area contributed by atoms with Crippen LogP contribution in [-0.2, 0) is 16.3 Å². The summed E-state index contributed by atoms with van der Waals surface area (Å²) in [5.74, 6) is 0.662. The number of rotatable bonds is 5. The standard InChI is InChI=1S/C16H16NO2PS/c1-3-18-20(21,15-7-5-4-6-8-15)19-16-10-9-14(12-17)11-13(16)2/h4-11H,3H2,1-2H3. The van der Waals surface area contributed by atoms with E-state index < -0.39 is 6.49 Å². The molecule has 21 heavy (non-hydrogen) atoms. The summed E-state index contributed by atoms with van der Waals surface area (Å²) in [6.07, 6.45) is 0. The van der Waals surface area contributed by atoms with Crippen molar-refractivity contribution >= 4 is 23.6 Å². The average molecular weight is 317 g/mol. The summed E-state index contributed by atoms with van der Waals surface area (Å²) in [5.41, 5.74) is 1.48. The molecule has 2 rings (SSSR count). The van der Waals surface area contributed by atoms with Crippen LogP contribution in [0.1, 0.15) is 18.1 Å². The number of hydrogen-bond donors (Lipinski definition) is 0. The van der Waals surface area contributed by atoms with Crippen LogP contribution in [0.5, 0.6) is 5.75 Å². The second-order valence-corrected chi connectivity index (χ2v) is 7.83. The fourth-order valence-electron chi connectivity index (χ4n) is 1.88. The first kappa shape index (κ1) is 15.7. The SMILES string of the molecule is CCOP(=S)(Oc1ccc(C#N)cc1C)c1ccccc1. The van der Waals surface area contributed by atoms with E-state index in [9.17, 15) is 0 Å². The number of nitrogens with zero attached hydrogens (tertiary/aromatic N) is 1. The predicted octanol–water partition coefficient (Wildman–Crippen LogP) is 3.92. The third kappa shape index (κ3) is 3.71. The van der Waals surface area contributed by atoms with Gasteiger partial charge in [-0.1, -0.05) is 18.2 Å². The smallest absolute Gasteiger partial charge is 0.269 e. The first-order valence-corrected chi connectivity index (χ1v) is 9.23. The van der Waals surface area contributed by atoms with Gasteiger partial charge in [-0.25, -0.2) is 0 Å². The van der Waals surface area contributed by atoms with Crippen molar-refractivity contribution in [3.8, 4) is 11.8 Å². The highest BCUT2D eigenvalue weighted by Gasteiger charge is 2.23. The first-order valence-electron chi connectivity index (χ1n) is 6.59. The summed E-state index contributed by atoms with van der Waals surface area (Å²) in [4.78, 5) is 0. The van der Waals surface area contributed by atoms with E-state index in [4.69, 9.17) is 26.1 Å². The number of nitriles is 1. The lowest BCUT2D eigenvalue weighted by atomic mass is 10.1. The van der Waals surface area contributed by atoms with E-state index in [1.54, 1.807) is 18.2 Å². The Kier molecular flexibility index (Phi) is 5.14. The van der Waals surface area contributed by atoms with Crippen LogP contribution in [0.25, 0.3) is 0 Å². The van der Waals surface area contributed by atoms with Crippen LogP contribution >= 0.6 is 6.49 Å². The Morgan fingerprint density at radius 1 is 1.19 bits per heavy atom. The van der Waals surface area contributed by atoms with Crippen LogP contribution in [0, 0.1) is 18.3 Å². The maximum atomic E-state index is 8.92. The molecular formula is C16H16NO2PS. The molecule has 0 radical (unpaired) electrons. The Hall–Kier alpha value is -1.66. The van der Waals surface area contributed by atoms with Crippen molar-refractivity contribution in [2.45, 2.75) is 13.8 Å². The molecule has 2 aromatic carbocycles. The summed E-state index contributed by atoms with van der Waals surface area (Å²) >= 11 is 5.67. The molecule has 0 aromatic heterocycles. The van der Waals surface area contributed by atoms with Gasteiger partial charge < -0.3 is 9.05 Å². The summed E-state index contributed by atoms with van der Waals surface area (Å²) in [6, 6.07) is 17.0. The van der Waals surface area contributed by atoms with E-state index in [0.717, 1.165) is 10.9 Å². The van der Waals surface area contributed by atoms with Crippen LogP contribution in [0.2, 0.25) is 0 Å². The fraction of sp³-hybridized carbons (Fsp3) is 0.188. The maximum absolute atomic E-state index is 8.92. The predicted molar refractivity (Wildman–Crippen MR) is 88.5 cm³/mol. The zero-order chi connectivity index (χ0) is 15.3. The second-order valence-electron chi connectivity index (χ2n) is 4.43.